The van der Waals surface area contributed by atoms with Crippen LogP contribution < -0.4 is 0 Å². The van der Waals surface area contributed by atoms with Crippen molar-refractivity contribution in [3.63, 3.8) is 0 Å². The van der Waals surface area contributed by atoms with E-state index in [1.807, 2.05) is 19.1 Å². The smallest absolute Gasteiger partial charge is 0.179 e. The molecule has 0 aliphatic carbocycles. The Labute approximate surface area is 74.6 Å². The summed E-state index contributed by atoms with van der Waals surface area (Å²) in [7, 11) is 0. The molecule has 2 rings (SSSR count). The molecular formula is C7H8N6. The van der Waals surface area contributed by atoms with Gasteiger partial charge in [0.05, 0.1) is 5.69 Å². The van der Waals surface area contributed by atoms with Gasteiger partial charge in [0.15, 0.2) is 5.82 Å². The minimum Gasteiger partial charge on any atom is -0.180 e. The summed E-state index contributed by atoms with van der Waals surface area (Å²) < 4.78 is 1.46. The van der Waals surface area contributed by atoms with Gasteiger partial charge in [-0.1, -0.05) is 6.92 Å². The Morgan fingerprint density at radius 1 is 1.31 bits per heavy atom. The topological polar surface area (TPSA) is 69.4 Å². The largest absolute Gasteiger partial charge is 0.180 e. The summed E-state index contributed by atoms with van der Waals surface area (Å²) >= 11 is 0. The van der Waals surface area contributed by atoms with Gasteiger partial charge in [0.1, 0.15) is 6.33 Å². The molecule has 0 spiro atoms. The highest BCUT2D eigenvalue weighted by molar-refractivity contribution is 5.18. The third-order valence-corrected chi connectivity index (χ3v) is 1.65. The van der Waals surface area contributed by atoms with Gasteiger partial charge in [0.25, 0.3) is 0 Å². The highest BCUT2D eigenvalue weighted by Gasteiger charge is 1.99. The monoisotopic (exact) mass is 176 g/mol. The fourth-order valence-corrected chi connectivity index (χ4v) is 0.930. The first-order valence-electron chi connectivity index (χ1n) is 3.96. The second-order valence-corrected chi connectivity index (χ2v) is 2.49. The van der Waals surface area contributed by atoms with E-state index in [2.05, 4.69) is 25.7 Å². The van der Waals surface area contributed by atoms with E-state index in [1.165, 1.54) is 11.0 Å². The lowest BCUT2D eigenvalue weighted by Gasteiger charge is -1.97. The van der Waals surface area contributed by atoms with Crippen LogP contribution in [0.3, 0.4) is 0 Å². The maximum absolute atomic E-state index is 3.99. The molecule has 6 heteroatoms. The summed E-state index contributed by atoms with van der Waals surface area (Å²) in [6.45, 7) is 2.03. The Morgan fingerprint density at radius 3 is 2.77 bits per heavy atom. The van der Waals surface area contributed by atoms with Crippen LogP contribution in [0.5, 0.6) is 0 Å². The number of hydrogen-bond acceptors (Lipinski definition) is 5. The molecule has 2 aromatic rings. The van der Waals surface area contributed by atoms with E-state index >= 15 is 0 Å². The molecule has 0 aromatic carbocycles. The average molecular weight is 176 g/mol. The molecule has 13 heavy (non-hydrogen) atoms. The van der Waals surface area contributed by atoms with Gasteiger partial charge < -0.3 is 0 Å². The Morgan fingerprint density at radius 2 is 2.23 bits per heavy atom. The van der Waals surface area contributed by atoms with Gasteiger partial charge in [-0.3, -0.25) is 0 Å². The van der Waals surface area contributed by atoms with Crippen LogP contribution in [0, 0.1) is 0 Å². The van der Waals surface area contributed by atoms with Crippen LogP contribution in [0.4, 0.5) is 0 Å². The molecule has 6 nitrogen and oxygen atoms in total. The van der Waals surface area contributed by atoms with Crippen molar-refractivity contribution in [3.8, 4) is 5.82 Å². The minimum absolute atomic E-state index is 0.627. The molecule has 0 atom stereocenters. The molecule has 0 N–H and O–H groups in total. The maximum Gasteiger partial charge on any atom is 0.179 e. The van der Waals surface area contributed by atoms with Gasteiger partial charge in [0, 0.05) is 0 Å². The molecule has 2 heterocycles. The van der Waals surface area contributed by atoms with E-state index in [0.29, 0.717) is 5.82 Å². The lowest BCUT2D eigenvalue weighted by molar-refractivity contribution is 0.747. The van der Waals surface area contributed by atoms with Crippen LogP contribution in [-0.2, 0) is 6.42 Å². The molecule has 0 saturated heterocycles. The summed E-state index contributed by atoms with van der Waals surface area (Å²) in [6.07, 6.45) is 2.36. The first-order chi connectivity index (χ1) is 6.40. The van der Waals surface area contributed by atoms with E-state index in [0.717, 1.165) is 12.1 Å². The number of tetrazole rings is 1. The zero-order valence-corrected chi connectivity index (χ0v) is 7.12. The summed E-state index contributed by atoms with van der Waals surface area (Å²) in [6, 6.07) is 3.74. The van der Waals surface area contributed by atoms with Gasteiger partial charge in [-0.2, -0.15) is 9.78 Å². The predicted octanol–water partition coefficient (Wildman–Crippen LogP) is 0.0147. The molecule has 0 radical (unpaired) electrons. The lowest BCUT2D eigenvalue weighted by atomic mass is 10.3. The van der Waals surface area contributed by atoms with E-state index in [-0.39, 0.29) is 0 Å². The average Bonchev–Trinajstić information content (AvgIpc) is 2.71. The van der Waals surface area contributed by atoms with Crippen molar-refractivity contribution in [2.24, 2.45) is 0 Å². The zero-order chi connectivity index (χ0) is 9.10. The second-order valence-electron chi connectivity index (χ2n) is 2.49. The Bertz CT molecular complexity index is 364. The summed E-state index contributed by atoms with van der Waals surface area (Å²) in [4.78, 5) is 0. The van der Waals surface area contributed by atoms with Crippen molar-refractivity contribution in [2.45, 2.75) is 13.3 Å². The third-order valence-electron chi connectivity index (χ3n) is 1.65. The molecule has 0 saturated carbocycles. The maximum atomic E-state index is 3.99. The van der Waals surface area contributed by atoms with Crippen molar-refractivity contribution in [1.82, 2.24) is 30.4 Å². The highest BCUT2D eigenvalue weighted by atomic mass is 15.5. The van der Waals surface area contributed by atoms with E-state index in [1.54, 1.807) is 0 Å². The minimum atomic E-state index is 0.627. The molecule has 0 aliphatic heterocycles. The molecule has 0 unspecified atom stereocenters. The fourth-order valence-electron chi connectivity index (χ4n) is 0.930. The molecule has 0 aliphatic rings. The summed E-state index contributed by atoms with van der Waals surface area (Å²) in [5.41, 5.74) is 0.955. The number of rotatable bonds is 2. The molecular weight excluding hydrogens is 168 g/mol. The van der Waals surface area contributed by atoms with Crippen LogP contribution in [0.15, 0.2) is 18.5 Å². The highest BCUT2D eigenvalue weighted by Crippen LogP contribution is 2.00. The molecule has 0 bridgehead atoms. The predicted molar refractivity (Wildman–Crippen MR) is 44.1 cm³/mol. The van der Waals surface area contributed by atoms with Crippen molar-refractivity contribution in [2.75, 3.05) is 0 Å². The van der Waals surface area contributed by atoms with Gasteiger partial charge in [0.2, 0.25) is 0 Å². The first-order valence-corrected chi connectivity index (χ1v) is 3.96. The molecule has 0 fully saturated rings. The standard InChI is InChI=1S/C7H8N6/c1-2-6-3-4-7(10-9-6)13-5-8-11-12-13/h3-5H,2H2,1H3. The van der Waals surface area contributed by atoms with E-state index < -0.39 is 0 Å². The number of nitrogens with zero attached hydrogens (tertiary/aromatic N) is 6. The number of aryl methyl sites for hydroxylation is 1. The lowest BCUT2D eigenvalue weighted by Crippen LogP contribution is -2.01. The van der Waals surface area contributed by atoms with Gasteiger partial charge in [-0.15, -0.1) is 10.2 Å². The normalized spacial score (nSPS) is 10.2. The van der Waals surface area contributed by atoms with Gasteiger partial charge >= 0.3 is 0 Å². The van der Waals surface area contributed by atoms with Crippen molar-refractivity contribution in [1.29, 1.82) is 0 Å². The van der Waals surface area contributed by atoms with Crippen molar-refractivity contribution >= 4 is 0 Å². The first kappa shape index (κ1) is 7.78. The third kappa shape index (κ3) is 1.51. The van der Waals surface area contributed by atoms with Crippen LogP contribution in [0.1, 0.15) is 12.6 Å². The van der Waals surface area contributed by atoms with Crippen LogP contribution >= 0.6 is 0 Å². The summed E-state index contributed by atoms with van der Waals surface area (Å²) in [5.74, 6) is 0.627. The van der Waals surface area contributed by atoms with E-state index in [4.69, 9.17) is 0 Å². The van der Waals surface area contributed by atoms with Crippen LogP contribution in [0.2, 0.25) is 0 Å². The SMILES string of the molecule is CCc1ccc(-n2cnnn2)nn1. The van der Waals surface area contributed by atoms with Crippen LogP contribution in [-0.4, -0.2) is 30.4 Å². The Hall–Kier alpha value is -1.85. The quantitative estimate of drug-likeness (QED) is 0.644. The van der Waals surface area contributed by atoms with Crippen LogP contribution in [0.25, 0.3) is 5.82 Å². The Balaban J connectivity index is 2.33. The number of aromatic nitrogens is 6. The summed E-state index contributed by atoms with van der Waals surface area (Å²) in [5, 5.41) is 18.7. The molecule has 66 valence electrons. The fraction of sp³-hybridized carbons (Fsp3) is 0.286. The molecule has 0 amide bonds. The zero-order valence-electron chi connectivity index (χ0n) is 7.12. The number of hydrogen-bond donors (Lipinski definition) is 0. The van der Waals surface area contributed by atoms with Gasteiger partial charge in [-0.25, -0.2) is 0 Å². The molecule has 2 aromatic heterocycles. The van der Waals surface area contributed by atoms with E-state index in [9.17, 15) is 0 Å². The van der Waals surface area contributed by atoms with Gasteiger partial charge in [-0.05, 0) is 29.0 Å². The van der Waals surface area contributed by atoms with Crippen molar-refractivity contribution in [3.05, 3.63) is 24.2 Å². The van der Waals surface area contributed by atoms with Crippen molar-refractivity contribution < 1.29 is 0 Å². The second kappa shape index (κ2) is 3.26. The Kier molecular flexibility index (Phi) is 1.95.